The van der Waals surface area contributed by atoms with Gasteiger partial charge < -0.3 is 5.43 Å². The highest BCUT2D eigenvalue weighted by atomic mass is 32.2. The summed E-state index contributed by atoms with van der Waals surface area (Å²) in [6, 6.07) is 0. The van der Waals surface area contributed by atoms with Crippen LogP contribution in [0.4, 0.5) is 0 Å². The average molecular weight is 171 g/mol. The van der Waals surface area contributed by atoms with Gasteiger partial charge in [-0.3, -0.25) is 4.99 Å². The zero-order chi connectivity index (χ0) is 8.53. The van der Waals surface area contributed by atoms with Gasteiger partial charge in [0.25, 0.3) is 0 Å². The first-order chi connectivity index (χ1) is 5.31. The second kappa shape index (κ2) is 7.37. The summed E-state index contributed by atoms with van der Waals surface area (Å²) in [5.41, 5.74) is 7.31. The Labute approximate surface area is 71.6 Å². The van der Waals surface area contributed by atoms with Crippen molar-refractivity contribution in [3.63, 3.8) is 0 Å². The number of rotatable bonds is 6. The molecule has 0 rings (SSSR count). The molecule has 0 saturated carbocycles. The fraction of sp³-hybridized carbons (Fsp3) is 0.286. The van der Waals surface area contributed by atoms with Crippen molar-refractivity contribution >= 4 is 17.3 Å². The Kier molecular flexibility index (Phi) is 6.87. The third kappa shape index (κ3) is 7.15. The number of aliphatic imine (C=N–C) groups is 1. The van der Waals surface area contributed by atoms with Crippen molar-refractivity contribution in [3.05, 3.63) is 24.3 Å². The van der Waals surface area contributed by atoms with Gasteiger partial charge >= 0.3 is 0 Å². The Morgan fingerprint density at radius 1 is 1.73 bits per heavy atom. The lowest BCUT2D eigenvalue weighted by Gasteiger charge is -2.01. The molecule has 0 fully saturated rings. The zero-order valence-electron chi connectivity index (χ0n) is 6.63. The van der Waals surface area contributed by atoms with Crippen LogP contribution in [0.25, 0.3) is 0 Å². The van der Waals surface area contributed by atoms with Crippen molar-refractivity contribution in [2.24, 2.45) is 4.99 Å². The summed E-state index contributed by atoms with van der Waals surface area (Å²) in [6.07, 6.45) is 1.74. The second-order valence-electron chi connectivity index (χ2n) is 1.68. The van der Waals surface area contributed by atoms with E-state index in [0.29, 0.717) is 6.54 Å². The van der Waals surface area contributed by atoms with E-state index in [9.17, 15) is 0 Å². The fourth-order valence-electron chi connectivity index (χ4n) is 0.387. The van der Waals surface area contributed by atoms with E-state index < -0.39 is 0 Å². The lowest BCUT2D eigenvalue weighted by molar-refractivity contribution is 0.723. The molecule has 0 aromatic heterocycles. The standard InChI is InChI=1S/C7H13N3S/c1-4-5-9-6-11-7(2)10-8-3/h4,6,8,10H,1-2,5H2,3H3. The molecular weight excluding hydrogens is 158 g/mol. The first-order valence-electron chi connectivity index (χ1n) is 3.18. The number of nitrogens with zero attached hydrogens (tertiary/aromatic N) is 1. The molecule has 62 valence electrons. The van der Waals surface area contributed by atoms with E-state index in [-0.39, 0.29) is 0 Å². The molecule has 0 amide bonds. The highest BCUT2D eigenvalue weighted by Gasteiger charge is 1.85. The van der Waals surface area contributed by atoms with Crippen LogP contribution >= 0.6 is 11.8 Å². The van der Waals surface area contributed by atoms with Gasteiger partial charge in [-0.1, -0.05) is 24.4 Å². The first-order valence-corrected chi connectivity index (χ1v) is 4.06. The molecule has 0 aromatic rings. The third-order valence-corrected chi connectivity index (χ3v) is 1.41. The maximum Gasteiger partial charge on any atom is 0.0808 e. The third-order valence-electron chi connectivity index (χ3n) is 0.768. The monoisotopic (exact) mass is 171 g/mol. The van der Waals surface area contributed by atoms with E-state index in [1.54, 1.807) is 18.7 Å². The lowest BCUT2D eigenvalue weighted by atomic mass is 10.7. The lowest BCUT2D eigenvalue weighted by Crippen LogP contribution is -2.24. The summed E-state index contributed by atoms with van der Waals surface area (Å²) >= 11 is 1.43. The summed E-state index contributed by atoms with van der Waals surface area (Å²) < 4.78 is 0. The molecule has 0 aliphatic heterocycles. The minimum absolute atomic E-state index is 0.653. The molecule has 0 heterocycles. The van der Waals surface area contributed by atoms with Gasteiger partial charge in [-0.2, -0.15) is 0 Å². The Bertz CT molecular complexity index is 154. The average Bonchev–Trinajstić information content (AvgIpc) is 1.99. The van der Waals surface area contributed by atoms with E-state index in [1.807, 2.05) is 0 Å². The van der Waals surface area contributed by atoms with E-state index in [2.05, 4.69) is 29.0 Å². The quantitative estimate of drug-likeness (QED) is 0.272. The molecular formula is C7H13N3S. The molecule has 0 aliphatic carbocycles. The summed E-state index contributed by atoms with van der Waals surface area (Å²) in [6.45, 7) is 7.91. The Balaban J connectivity index is 3.36. The van der Waals surface area contributed by atoms with Crippen molar-refractivity contribution in [2.75, 3.05) is 13.6 Å². The maximum absolute atomic E-state index is 4.00. The van der Waals surface area contributed by atoms with Crippen molar-refractivity contribution in [1.82, 2.24) is 10.9 Å². The second-order valence-corrected chi connectivity index (χ2v) is 2.61. The maximum atomic E-state index is 4.00. The number of hydrogen-bond donors (Lipinski definition) is 2. The van der Waals surface area contributed by atoms with Crippen LogP contribution in [-0.4, -0.2) is 19.1 Å². The first kappa shape index (κ1) is 10.3. The van der Waals surface area contributed by atoms with Crippen LogP contribution in [0.2, 0.25) is 0 Å². The summed E-state index contributed by atoms with van der Waals surface area (Å²) in [4.78, 5) is 4.00. The van der Waals surface area contributed by atoms with Crippen LogP contribution in [0.3, 0.4) is 0 Å². The normalized spacial score (nSPS) is 9.91. The summed E-state index contributed by atoms with van der Waals surface area (Å²) in [7, 11) is 1.78. The van der Waals surface area contributed by atoms with Crippen molar-refractivity contribution in [3.8, 4) is 0 Å². The molecule has 2 N–H and O–H groups in total. The summed E-state index contributed by atoms with van der Waals surface area (Å²) in [5, 5.41) is 0.820. The molecule has 0 aliphatic rings. The van der Waals surface area contributed by atoms with Crippen molar-refractivity contribution < 1.29 is 0 Å². The molecule has 0 saturated heterocycles. The van der Waals surface area contributed by atoms with Gasteiger partial charge in [0, 0.05) is 7.05 Å². The van der Waals surface area contributed by atoms with Gasteiger partial charge in [-0.25, -0.2) is 5.43 Å². The number of hydrazine groups is 1. The van der Waals surface area contributed by atoms with Crippen LogP contribution in [0.15, 0.2) is 29.3 Å². The highest BCUT2D eigenvalue weighted by molar-refractivity contribution is 8.15. The van der Waals surface area contributed by atoms with Crippen LogP contribution in [0.1, 0.15) is 0 Å². The molecule has 0 unspecified atom stereocenters. The van der Waals surface area contributed by atoms with Crippen molar-refractivity contribution in [2.45, 2.75) is 0 Å². The van der Waals surface area contributed by atoms with E-state index >= 15 is 0 Å². The number of hydrogen-bond acceptors (Lipinski definition) is 4. The Morgan fingerprint density at radius 2 is 2.45 bits per heavy atom. The molecule has 0 radical (unpaired) electrons. The fourth-order valence-corrected chi connectivity index (χ4v) is 0.836. The summed E-state index contributed by atoms with van der Waals surface area (Å²) in [5.74, 6) is 0. The van der Waals surface area contributed by atoms with Crippen LogP contribution in [0.5, 0.6) is 0 Å². The minimum atomic E-state index is 0.653. The number of nitrogens with one attached hydrogen (secondary N) is 2. The number of thioether (sulfide) groups is 1. The molecule has 3 nitrogen and oxygen atoms in total. The molecule has 0 atom stereocenters. The van der Waals surface area contributed by atoms with E-state index in [0.717, 1.165) is 5.03 Å². The van der Waals surface area contributed by atoms with Gasteiger partial charge in [-0.15, -0.1) is 6.58 Å². The van der Waals surface area contributed by atoms with Gasteiger partial charge in [0.2, 0.25) is 0 Å². The minimum Gasteiger partial charge on any atom is -0.316 e. The van der Waals surface area contributed by atoms with Crippen molar-refractivity contribution in [1.29, 1.82) is 0 Å². The molecule has 4 heteroatoms. The molecule has 11 heavy (non-hydrogen) atoms. The topological polar surface area (TPSA) is 36.4 Å². The zero-order valence-corrected chi connectivity index (χ0v) is 7.45. The van der Waals surface area contributed by atoms with E-state index in [4.69, 9.17) is 0 Å². The van der Waals surface area contributed by atoms with E-state index in [1.165, 1.54) is 11.8 Å². The van der Waals surface area contributed by atoms with Gasteiger partial charge in [0.15, 0.2) is 0 Å². The highest BCUT2D eigenvalue weighted by Crippen LogP contribution is 2.03. The van der Waals surface area contributed by atoms with Gasteiger partial charge in [0.05, 0.1) is 17.1 Å². The van der Waals surface area contributed by atoms with Gasteiger partial charge in [0.1, 0.15) is 0 Å². The predicted octanol–water partition coefficient (Wildman–Crippen LogP) is 1.13. The SMILES string of the molecule is C=CCN=CSC(=C)NNC. The van der Waals surface area contributed by atoms with Crippen LogP contribution in [0, 0.1) is 0 Å². The van der Waals surface area contributed by atoms with Crippen LogP contribution in [-0.2, 0) is 0 Å². The predicted molar refractivity (Wildman–Crippen MR) is 52.5 cm³/mol. The smallest absolute Gasteiger partial charge is 0.0808 e. The molecule has 0 spiro atoms. The Morgan fingerprint density at radius 3 is 3.00 bits per heavy atom. The largest absolute Gasteiger partial charge is 0.316 e. The molecule has 0 bridgehead atoms. The Hall–Kier alpha value is -0.740. The van der Waals surface area contributed by atoms with Gasteiger partial charge in [-0.05, 0) is 0 Å². The van der Waals surface area contributed by atoms with Crippen LogP contribution < -0.4 is 10.9 Å². The molecule has 0 aromatic carbocycles.